The van der Waals surface area contributed by atoms with Gasteiger partial charge in [0.05, 0.1) is 5.69 Å². The molecular weight excluding hydrogens is 157 g/mol. The summed E-state index contributed by atoms with van der Waals surface area (Å²) in [5.41, 5.74) is 6.43. The molecule has 0 atom stereocenters. The summed E-state index contributed by atoms with van der Waals surface area (Å²) in [4.78, 5) is 10.9. The Kier molecular flexibility index (Phi) is 2.13. The van der Waals surface area contributed by atoms with Gasteiger partial charge in [-0.15, -0.1) is 0 Å². The van der Waals surface area contributed by atoms with Crippen LogP contribution in [-0.2, 0) is 0 Å². The molecule has 64 valence electrons. The van der Waals surface area contributed by atoms with E-state index in [2.05, 4.69) is 0 Å². The summed E-state index contributed by atoms with van der Waals surface area (Å²) < 4.78 is 12.9. The SMILES string of the molecule is CC(=O)c1cc(C)c(N)c(F)c1. The molecule has 0 aliphatic rings. The van der Waals surface area contributed by atoms with Gasteiger partial charge in [-0.05, 0) is 31.5 Å². The van der Waals surface area contributed by atoms with Crippen molar-refractivity contribution in [2.45, 2.75) is 13.8 Å². The van der Waals surface area contributed by atoms with E-state index < -0.39 is 5.82 Å². The van der Waals surface area contributed by atoms with Crippen molar-refractivity contribution >= 4 is 11.5 Å². The van der Waals surface area contributed by atoms with Crippen LogP contribution in [-0.4, -0.2) is 5.78 Å². The Morgan fingerprint density at radius 3 is 2.50 bits per heavy atom. The zero-order chi connectivity index (χ0) is 9.30. The number of Topliss-reactive ketones (excluding diaryl/α,β-unsaturated/α-hetero) is 1. The Morgan fingerprint density at radius 1 is 1.50 bits per heavy atom. The number of nitrogen functional groups attached to an aromatic ring is 1. The van der Waals surface area contributed by atoms with Gasteiger partial charge in [-0.3, -0.25) is 4.79 Å². The van der Waals surface area contributed by atoms with Gasteiger partial charge < -0.3 is 5.73 Å². The fourth-order valence-corrected chi connectivity index (χ4v) is 0.959. The van der Waals surface area contributed by atoms with E-state index >= 15 is 0 Å². The van der Waals surface area contributed by atoms with Crippen molar-refractivity contribution in [3.05, 3.63) is 29.1 Å². The van der Waals surface area contributed by atoms with Gasteiger partial charge in [0.15, 0.2) is 5.78 Å². The Hall–Kier alpha value is -1.38. The van der Waals surface area contributed by atoms with Crippen LogP contribution in [0.15, 0.2) is 12.1 Å². The molecule has 0 radical (unpaired) electrons. The van der Waals surface area contributed by atoms with E-state index in [0.29, 0.717) is 11.1 Å². The van der Waals surface area contributed by atoms with Crippen LogP contribution in [0.1, 0.15) is 22.8 Å². The molecule has 0 bridgehead atoms. The molecule has 2 N–H and O–H groups in total. The monoisotopic (exact) mass is 167 g/mol. The van der Waals surface area contributed by atoms with E-state index in [1.807, 2.05) is 0 Å². The summed E-state index contributed by atoms with van der Waals surface area (Å²) in [6.45, 7) is 3.06. The van der Waals surface area contributed by atoms with Crippen LogP contribution in [0.5, 0.6) is 0 Å². The number of ketones is 1. The predicted molar refractivity (Wildman–Crippen MR) is 45.6 cm³/mol. The third kappa shape index (κ3) is 1.44. The Morgan fingerprint density at radius 2 is 2.08 bits per heavy atom. The van der Waals surface area contributed by atoms with Gasteiger partial charge in [0.2, 0.25) is 0 Å². The van der Waals surface area contributed by atoms with Crippen LogP contribution in [0.4, 0.5) is 10.1 Å². The van der Waals surface area contributed by atoms with Crippen LogP contribution >= 0.6 is 0 Å². The maximum Gasteiger partial charge on any atom is 0.159 e. The van der Waals surface area contributed by atoms with Gasteiger partial charge in [-0.25, -0.2) is 4.39 Å². The molecule has 0 spiro atoms. The highest BCUT2D eigenvalue weighted by molar-refractivity contribution is 5.94. The van der Waals surface area contributed by atoms with Crippen molar-refractivity contribution in [1.82, 2.24) is 0 Å². The number of rotatable bonds is 1. The lowest BCUT2D eigenvalue weighted by Gasteiger charge is -2.03. The molecular formula is C9H10FNO. The van der Waals surface area contributed by atoms with E-state index in [1.54, 1.807) is 13.0 Å². The molecule has 3 heteroatoms. The average molecular weight is 167 g/mol. The van der Waals surface area contributed by atoms with Crippen LogP contribution < -0.4 is 5.73 Å². The topological polar surface area (TPSA) is 43.1 Å². The van der Waals surface area contributed by atoms with Crippen molar-refractivity contribution < 1.29 is 9.18 Å². The first-order valence-corrected chi connectivity index (χ1v) is 3.59. The van der Waals surface area contributed by atoms with E-state index in [4.69, 9.17) is 5.73 Å². The largest absolute Gasteiger partial charge is 0.396 e. The molecule has 0 saturated heterocycles. The molecule has 0 unspecified atom stereocenters. The lowest BCUT2D eigenvalue weighted by atomic mass is 10.1. The number of halogens is 1. The predicted octanol–water partition coefficient (Wildman–Crippen LogP) is 1.92. The molecule has 0 amide bonds. The lowest BCUT2D eigenvalue weighted by Crippen LogP contribution is -1.99. The smallest absolute Gasteiger partial charge is 0.159 e. The normalized spacial score (nSPS) is 9.92. The summed E-state index contributed by atoms with van der Waals surface area (Å²) in [5, 5.41) is 0. The molecule has 0 aliphatic carbocycles. The molecule has 1 rings (SSSR count). The second kappa shape index (κ2) is 2.93. The molecule has 1 aromatic carbocycles. The minimum Gasteiger partial charge on any atom is -0.396 e. The maximum absolute atomic E-state index is 12.9. The number of hydrogen-bond donors (Lipinski definition) is 1. The van der Waals surface area contributed by atoms with Crippen molar-refractivity contribution in [2.75, 3.05) is 5.73 Å². The summed E-state index contributed by atoms with van der Waals surface area (Å²) >= 11 is 0. The number of benzene rings is 1. The number of hydrogen-bond acceptors (Lipinski definition) is 2. The highest BCUT2D eigenvalue weighted by Gasteiger charge is 2.06. The second-order valence-corrected chi connectivity index (χ2v) is 2.74. The minimum atomic E-state index is -0.528. The first-order valence-electron chi connectivity index (χ1n) is 3.59. The van der Waals surface area contributed by atoms with Gasteiger partial charge in [0.25, 0.3) is 0 Å². The lowest BCUT2D eigenvalue weighted by molar-refractivity contribution is 0.101. The van der Waals surface area contributed by atoms with Crippen molar-refractivity contribution in [1.29, 1.82) is 0 Å². The summed E-state index contributed by atoms with van der Waals surface area (Å²) in [7, 11) is 0. The second-order valence-electron chi connectivity index (χ2n) is 2.74. The van der Waals surface area contributed by atoms with Gasteiger partial charge in [0, 0.05) is 5.56 Å². The first kappa shape index (κ1) is 8.71. The van der Waals surface area contributed by atoms with Gasteiger partial charge in [0.1, 0.15) is 5.82 Å². The van der Waals surface area contributed by atoms with Gasteiger partial charge in [-0.2, -0.15) is 0 Å². The zero-order valence-electron chi connectivity index (χ0n) is 7.02. The summed E-state index contributed by atoms with van der Waals surface area (Å²) in [5.74, 6) is -0.683. The van der Waals surface area contributed by atoms with Gasteiger partial charge >= 0.3 is 0 Å². The number of aryl methyl sites for hydroxylation is 1. The highest BCUT2D eigenvalue weighted by atomic mass is 19.1. The third-order valence-corrected chi connectivity index (χ3v) is 1.74. The molecule has 2 nitrogen and oxygen atoms in total. The average Bonchev–Trinajstić information content (AvgIpc) is 1.99. The highest BCUT2D eigenvalue weighted by Crippen LogP contribution is 2.17. The Balaban J connectivity index is 3.31. The van der Waals surface area contributed by atoms with E-state index in [-0.39, 0.29) is 11.5 Å². The fraction of sp³-hybridized carbons (Fsp3) is 0.222. The van der Waals surface area contributed by atoms with Crippen molar-refractivity contribution in [3.63, 3.8) is 0 Å². The van der Waals surface area contributed by atoms with E-state index in [9.17, 15) is 9.18 Å². The van der Waals surface area contributed by atoms with E-state index in [0.717, 1.165) is 6.07 Å². The van der Waals surface area contributed by atoms with Gasteiger partial charge in [-0.1, -0.05) is 0 Å². The zero-order valence-corrected chi connectivity index (χ0v) is 7.02. The molecule has 0 saturated carbocycles. The maximum atomic E-state index is 12.9. The standard InChI is InChI=1S/C9H10FNO/c1-5-3-7(6(2)12)4-8(10)9(5)11/h3-4H,11H2,1-2H3. The molecule has 12 heavy (non-hydrogen) atoms. The van der Waals surface area contributed by atoms with E-state index in [1.165, 1.54) is 6.92 Å². The van der Waals surface area contributed by atoms with Crippen LogP contribution in [0.3, 0.4) is 0 Å². The van der Waals surface area contributed by atoms with Crippen LogP contribution in [0.25, 0.3) is 0 Å². The molecule has 0 aliphatic heterocycles. The Bertz CT molecular complexity index is 310. The van der Waals surface area contributed by atoms with Crippen LogP contribution in [0, 0.1) is 12.7 Å². The minimum absolute atomic E-state index is 0.111. The quantitative estimate of drug-likeness (QED) is 0.513. The van der Waals surface area contributed by atoms with Crippen molar-refractivity contribution in [2.24, 2.45) is 0 Å². The number of carbonyl (C=O) groups is 1. The molecule has 0 heterocycles. The third-order valence-electron chi connectivity index (χ3n) is 1.74. The molecule has 0 fully saturated rings. The molecule has 1 aromatic rings. The first-order chi connectivity index (χ1) is 5.52. The van der Waals surface area contributed by atoms with Crippen molar-refractivity contribution in [3.8, 4) is 0 Å². The fourth-order valence-electron chi connectivity index (χ4n) is 0.959. The number of anilines is 1. The number of nitrogens with two attached hydrogens (primary N) is 1. The van der Waals surface area contributed by atoms with Crippen LogP contribution in [0.2, 0.25) is 0 Å². The summed E-state index contributed by atoms with van der Waals surface area (Å²) in [6.07, 6.45) is 0. The molecule has 0 aromatic heterocycles. The Labute approximate surface area is 70.2 Å². The number of carbonyl (C=O) groups excluding carboxylic acids is 1. The summed E-state index contributed by atoms with van der Waals surface area (Å²) in [6, 6.07) is 2.74.